The SMILES string of the molecule is COc1cccc(CNC(=O)CN2CCCCC(N=C(NC#N)Nc3ccc4oc(C)cc4c3)C2=O)c1. The highest BCUT2D eigenvalue weighted by molar-refractivity contribution is 5.98. The van der Waals surface area contributed by atoms with Crippen LogP contribution >= 0.6 is 0 Å². The van der Waals surface area contributed by atoms with Crippen LogP contribution in [0.2, 0.25) is 0 Å². The van der Waals surface area contributed by atoms with Crippen molar-refractivity contribution in [3.05, 3.63) is 59.9 Å². The minimum atomic E-state index is -0.711. The molecular formula is C27H30N6O4. The highest BCUT2D eigenvalue weighted by Crippen LogP contribution is 2.23. The molecule has 10 nitrogen and oxygen atoms in total. The number of guanidine groups is 1. The number of aliphatic imine (C=N–C) groups is 1. The van der Waals surface area contributed by atoms with Gasteiger partial charge >= 0.3 is 0 Å². The van der Waals surface area contributed by atoms with E-state index in [0.717, 1.165) is 35.1 Å². The molecule has 192 valence electrons. The molecule has 1 aromatic heterocycles. The third kappa shape index (κ3) is 6.79. The van der Waals surface area contributed by atoms with E-state index in [0.29, 0.717) is 30.9 Å². The van der Waals surface area contributed by atoms with Crippen molar-refractivity contribution >= 4 is 34.4 Å². The standard InChI is InChI=1S/C27H30N6O4/c1-18-12-20-14-21(9-10-24(20)37-18)31-27(30-17-28)32-23-8-3-4-11-33(26(23)35)16-25(34)29-15-19-6-5-7-22(13-19)36-2/h5-7,9-10,12-14,23H,3-4,8,11,15-16H2,1-2H3,(H,29,34)(H2,30,31,32). The van der Waals surface area contributed by atoms with Crippen molar-refractivity contribution in [2.75, 3.05) is 25.5 Å². The third-order valence-electron chi connectivity index (χ3n) is 6.07. The molecule has 1 atom stereocenters. The van der Waals surface area contributed by atoms with E-state index in [1.165, 1.54) is 4.90 Å². The molecule has 1 fully saturated rings. The predicted molar refractivity (Wildman–Crippen MR) is 140 cm³/mol. The van der Waals surface area contributed by atoms with Gasteiger partial charge in [-0.05, 0) is 68.1 Å². The molecule has 0 radical (unpaired) electrons. The maximum Gasteiger partial charge on any atom is 0.247 e. The summed E-state index contributed by atoms with van der Waals surface area (Å²) in [5.41, 5.74) is 2.36. The maximum absolute atomic E-state index is 13.3. The minimum Gasteiger partial charge on any atom is -0.497 e. The number of hydrogen-bond donors (Lipinski definition) is 3. The summed E-state index contributed by atoms with van der Waals surface area (Å²) in [6, 6.07) is 14.2. The Kier molecular flexibility index (Phi) is 8.26. The van der Waals surface area contributed by atoms with Gasteiger partial charge in [-0.3, -0.25) is 14.9 Å². The zero-order valence-electron chi connectivity index (χ0n) is 20.9. The van der Waals surface area contributed by atoms with Crippen molar-refractivity contribution in [2.24, 2.45) is 4.99 Å². The molecule has 1 saturated heterocycles. The lowest BCUT2D eigenvalue weighted by Gasteiger charge is -2.22. The molecule has 1 aliphatic heterocycles. The second-order valence-electron chi connectivity index (χ2n) is 8.85. The van der Waals surface area contributed by atoms with Crippen molar-refractivity contribution in [1.82, 2.24) is 15.5 Å². The van der Waals surface area contributed by atoms with Crippen LogP contribution in [-0.2, 0) is 16.1 Å². The van der Waals surface area contributed by atoms with E-state index in [4.69, 9.17) is 9.15 Å². The second kappa shape index (κ2) is 11.9. The van der Waals surface area contributed by atoms with Gasteiger partial charge in [-0.2, -0.15) is 5.26 Å². The lowest BCUT2D eigenvalue weighted by Crippen LogP contribution is -2.44. The smallest absolute Gasteiger partial charge is 0.247 e. The highest BCUT2D eigenvalue weighted by Gasteiger charge is 2.28. The fourth-order valence-electron chi connectivity index (χ4n) is 4.27. The molecule has 0 saturated carbocycles. The van der Waals surface area contributed by atoms with E-state index in [9.17, 15) is 14.9 Å². The molecule has 2 amide bonds. The van der Waals surface area contributed by atoms with Crippen molar-refractivity contribution in [3.63, 3.8) is 0 Å². The zero-order valence-corrected chi connectivity index (χ0v) is 20.9. The number of nitriles is 1. The number of likely N-dealkylation sites (tertiary alicyclic amines) is 1. The number of hydrogen-bond acceptors (Lipinski definition) is 6. The molecule has 10 heteroatoms. The summed E-state index contributed by atoms with van der Waals surface area (Å²) in [7, 11) is 1.59. The molecule has 0 bridgehead atoms. The average Bonchev–Trinajstić information content (AvgIpc) is 3.18. The van der Waals surface area contributed by atoms with Crippen LogP contribution in [0.4, 0.5) is 5.69 Å². The minimum absolute atomic E-state index is 0.0558. The lowest BCUT2D eigenvalue weighted by molar-refractivity contribution is -0.136. The fourth-order valence-corrected chi connectivity index (χ4v) is 4.27. The molecule has 37 heavy (non-hydrogen) atoms. The molecule has 3 N–H and O–H groups in total. The third-order valence-corrected chi connectivity index (χ3v) is 6.07. The number of methoxy groups -OCH3 is 1. The van der Waals surface area contributed by atoms with Crippen molar-refractivity contribution in [1.29, 1.82) is 5.26 Å². The molecule has 2 heterocycles. The van der Waals surface area contributed by atoms with Gasteiger partial charge in [0.2, 0.25) is 17.8 Å². The largest absolute Gasteiger partial charge is 0.497 e. The Hall–Kier alpha value is -4.52. The number of rotatable bonds is 7. The number of furan rings is 1. The molecule has 0 aliphatic carbocycles. The van der Waals surface area contributed by atoms with Gasteiger partial charge in [0.15, 0.2) is 6.19 Å². The van der Waals surface area contributed by atoms with Crippen LogP contribution in [0.3, 0.4) is 0 Å². The molecule has 3 aromatic rings. The predicted octanol–water partition coefficient (Wildman–Crippen LogP) is 3.29. The normalized spacial score (nSPS) is 16.1. The number of amides is 2. The van der Waals surface area contributed by atoms with E-state index >= 15 is 0 Å². The fraction of sp³-hybridized carbons (Fsp3) is 0.333. The average molecular weight is 503 g/mol. The summed E-state index contributed by atoms with van der Waals surface area (Å²) >= 11 is 0. The Balaban J connectivity index is 1.42. The first-order chi connectivity index (χ1) is 17.9. The van der Waals surface area contributed by atoms with Crippen LogP contribution in [0, 0.1) is 18.4 Å². The number of nitrogens with one attached hydrogen (secondary N) is 3. The Morgan fingerprint density at radius 3 is 2.92 bits per heavy atom. The number of anilines is 1. The van der Waals surface area contributed by atoms with E-state index in [-0.39, 0.29) is 24.3 Å². The van der Waals surface area contributed by atoms with Gasteiger partial charge in [0, 0.05) is 24.2 Å². The van der Waals surface area contributed by atoms with Crippen LogP contribution in [-0.4, -0.2) is 48.9 Å². The molecule has 2 aromatic carbocycles. The highest BCUT2D eigenvalue weighted by atomic mass is 16.5. The first-order valence-corrected chi connectivity index (χ1v) is 12.1. The zero-order chi connectivity index (χ0) is 26.2. The monoisotopic (exact) mass is 502 g/mol. The maximum atomic E-state index is 13.3. The van der Waals surface area contributed by atoms with E-state index < -0.39 is 6.04 Å². The molecule has 4 rings (SSSR count). The van der Waals surface area contributed by atoms with Crippen molar-refractivity contribution in [3.8, 4) is 11.9 Å². The second-order valence-corrected chi connectivity index (χ2v) is 8.85. The first kappa shape index (κ1) is 25.6. The number of aryl methyl sites for hydroxylation is 1. The summed E-state index contributed by atoms with van der Waals surface area (Å²) in [6.07, 6.45) is 3.95. The van der Waals surface area contributed by atoms with Crippen molar-refractivity contribution in [2.45, 2.75) is 38.8 Å². The van der Waals surface area contributed by atoms with Gasteiger partial charge in [-0.1, -0.05) is 12.1 Å². The molecular weight excluding hydrogens is 472 g/mol. The van der Waals surface area contributed by atoms with Gasteiger partial charge in [0.05, 0.1) is 13.7 Å². The Morgan fingerprint density at radius 2 is 2.11 bits per heavy atom. The number of benzene rings is 2. The van der Waals surface area contributed by atoms with Gasteiger partial charge in [0.25, 0.3) is 0 Å². The van der Waals surface area contributed by atoms with Crippen LogP contribution in [0.5, 0.6) is 5.75 Å². The topological polar surface area (TPSA) is 132 Å². The summed E-state index contributed by atoms with van der Waals surface area (Å²) in [4.78, 5) is 32.0. The van der Waals surface area contributed by atoms with E-state index in [2.05, 4.69) is 20.9 Å². The summed E-state index contributed by atoms with van der Waals surface area (Å²) in [5, 5.41) is 18.6. The summed E-state index contributed by atoms with van der Waals surface area (Å²) in [5.74, 6) is 1.19. The van der Waals surface area contributed by atoms with Gasteiger partial charge in [-0.15, -0.1) is 0 Å². The van der Waals surface area contributed by atoms with Crippen LogP contribution in [0.15, 0.2) is 57.9 Å². The Bertz CT molecular complexity index is 1340. The number of carbonyl (C=O) groups is 2. The van der Waals surface area contributed by atoms with Gasteiger partial charge < -0.3 is 24.7 Å². The van der Waals surface area contributed by atoms with Crippen LogP contribution in [0.1, 0.15) is 30.6 Å². The molecule has 1 aliphatic rings. The quantitative estimate of drug-likeness (QED) is 0.195. The number of nitrogens with zero attached hydrogens (tertiary/aromatic N) is 3. The summed E-state index contributed by atoms with van der Waals surface area (Å²) in [6.45, 7) is 2.63. The number of fused-ring (bicyclic) bond motifs is 1. The lowest BCUT2D eigenvalue weighted by atomic mass is 10.1. The Labute approximate surface area is 215 Å². The van der Waals surface area contributed by atoms with E-state index in [1.54, 1.807) is 7.11 Å². The first-order valence-electron chi connectivity index (χ1n) is 12.1. The van der Waals surface area contributed by atoms with Crippen LogP contribution in [0.25, 0.3) is 11.0 Å². The number of ether oxygens (including phenoxy) is 1. The van der Waals surface area contributed by atoms with E-state index in [1.807, 2.05) is 61.6 Å². The Morgan fingerprint density at radius 1 is 1.24 bits per heavy atom. The van der Waals surface area contributed by atoms with Gasteiger partial charge in [-0.25, -0.2) is 4.99 Å². The van der Waals surface area contributed by atoms with Crippen LogP contribution < -0.4 is 20.7 Å². The number of carbonyl (C=O) groups excluding carboxylic acids is 2. The molecule has 1 unspecified atom stereocenters. The van der Waals surface area contributed by atoms with Crippen molar-refractivity contribution < 1.29 is 18.7 Å². The molecule has 0 spiro atoms. The van der Waals surface area contributed by atoms with Gasteiger partial charge in [0.1, 0.15) is 23.1 Å². The summed E-state index contributed by atoms with van der Waals surface area (Å²) < 4.78 is 10.8.